The van der Waals surface area contributed by atoms with E-state index in [0.717, 1.165) is 5.56 Å². The van der Waals surface area contributed by atoms with E-state index in [4.69, 9.17) is 4.42 Å². The monoisotopic (exact) mass is 387 g/mol. The molecule has 146 valence electrons. The summed E-state index contributed by atoms with van der Waals surface area (Å²) in [5.41, 5.74) is 1.46. The highest BCUT2D eigenvalue weighted by molar-refractivity contribution is 5.77. The minimum absolute atomic E-state index is 0.0848. The van der Waals surface area contributed by atoms with Crippen molar-refractivity contribution in [3.8, 4) is 0 Å². The second-order valence-electron chi connectivity index (χ2n) is 6.81. The van der Waals surface area contributed by atoms with Gasteiger partial charge in [0, 0.05) is 12.8 Å². The van der Waals surface area contributed by atoms with Crippen LogP contribution in [0.3, 0.4) is 0 Å². The molecule has 0 spiro atoms. The first-order valence-corrected chi connectivity index (χ1v) is 9.56. The van der Waals surface area contributed by atoms with Crippen molar-refractivity contribution in [2.45, 2.75) is 25.3 Å². The van der Waals surface area contributed by atoms with Crippen molar-refractivity contribution >= 4 is 16.8 Å². The maximum absolute atomic E-state index is 12.5. The summed E-state index contributed by atoms with van der Waals surface area (Å²) >= 11 is 0. The highest BCUT2D eigenvalue weighted by Crippen LogP contribution is 2.22. The van der Waals surface area contributed by atoms with Crippen molar-refractivity contribution in [3.05, 3.63) is 100 Å². The highest BCUT2D eigenvalue weighted by Gasteiger charge is 2.19. The van der Waals surface area contributed by atoms with Crippen molar-refractivity contribution in [1.82, 2.24) is 15.3 Å². The number of fused-ring (bicyclic) bond motifs is 1. The van der Waals surface area contributed by atoms with Crippen molar-refractivity contribution in [2.75, 3.05) is 0 Å². The van der Waals surface area contributed by atoms with Gasteiger partial charge in [-0.25, -0.2) is 4.98 Å². The lowest BCUT2D eigenvalue weighted by Gasteiger charge is -2.17. The number of carbonyl (C=O) groups is 1. The molecule has 6 heteroatoms. The molecule has 0 aliphatic heterocycles. The van der Waals surface area contributed by atoms with Gasteiger partial charge in [0.25, 0.3) is 5.56 Å². The number of hydrogen-bond donors (Lipinski definition) is 2. The topological polar surface area (TPSA) is 88.0 Å². The summed E-state index contributed by atoms with van der Waals surface area (Å²) in [5.74, 6) is 1.19. The molecule has 2 aromatic carbocycles. The number of hydrogen-bond acceptors (Lipinski definition) is 4. The average Bonchev–Trinajstić information content (AvgIpc) is 3.27. The van der Waals surface area contributed by atoms with Gasteiger partial charge in [0.2, 0.25) is 5.91 Å². The number of aromatic nitrogens is 2. The molecule has 0 bridgehead atoms. The maximum atomic E-state index is 12.5. The molecule has 29 heavy (non-hydrogen) atoms. The third kappa shape index (κ3) is 4.43. The number of nitrogens with one attached hydrogen (secondary N) is 2. The van der Waals surface area contributed by atoms with Gasteiger partial charge in [0.1, 0.15) is 17.6 Å². The number of benzene rings is 2. The third-order valence-electron chi connectivity index (χ3n) is 4.75. The van der Waals surface area contributed by atoms with Crippen LogP contribution in [0, 0.1) is 0 Å². The molecule has 4 rings (SSSR count). The van der Waals surface area contributed by atoms with Crippen LogP contribution in [-0.4, -0.2) is 15.9 Å². The number of carbonyl (C=O) groups excluding carboxylic acids is 1. The number of furan rings is 1. The van der Waals surface area contributed by atoms with Gasteiger partial charge >= 0.3 is 0 Å². The molecule has 2 N–H and O–H groups in total. The second-order valence-corrected chi connectivity index (χ2v) is 6.81. The Hall–Kier alpha value is -3.67. The fourth-order valence-corrected chi connectivity index (χ4v) is 3.32. The Balaban J connectivity index is 1.40. The molecule has 6 nitrogen and oxygen atoms in total. The van der Waals surface area contributed by atoms with E-state index in [2.05, 4.69) is 15.3 Å². The second kappa shape index (κ2) is 8.56. The summed E-state index contributed by atoms with van der Waals surface area (Å²) < 4.78 is 5.51. The SMILES string of the molecule is O=C(CCCc1nc2ccccc2c(=O)[nH]1)NC(c1ccccc1)c1ccco1. The maximum Gasteiger partial charge on any atom is 0.258 e. The van der Waals surface area contributed by atoms with Crippen LogP contribution in [0.25, 0.3) is 10.9 Å². The fraction of sp³-hybridized carbons (Fsp3) is 0.174. The van der Waals surface area contributed by atoms with E-state index in [-0.39, 0.29) is 17.5 Å². The smallest absolute Gasteiger partial charge is 0.258 e. The molecule has 0 aliphatic rings. The number of rotatable bonds is 7. The van der Waals surface area contributed by atoms with E-state index in [0.29, 0.717) is 41.8 Å². The Kier molecular flexibility index (Phi) is 5.52. The number of aromatic amines is 1. The summed E-state index contributed by atoms with van der Waals surface area (Å²) in [6.07, 6.45) is 3.01. The highest BCUT2D eigenvalue weighted by atomic mass is 16.3. The largest absolute Gasteiger partial charge is 0.467 e. The molecule has 4 aromatic rings. The van der Waals surface area contributed by atoms with E-state index in [1.807, 2.05) is 54.6 Å². The van der Waals surface area contributed by atoms with Gasteiger partial charge in [0.05, 0.1) is 17.2 Å². The predicted octanol–water partition coefficient (Wildman–Crippen LogP) is 3.74. The lowest BCUT2D eigenvalue weighted by molar-refractivity contribution is -0.121. The molecule has 1 amide bonds. The molecule has 1 atom stereocenters. The van der Waals surface area contributed by atoms with Crippen LogP contribution < -0.4 is 10.9 Å². The Morgan fingerprint density at radius 3 is 2.62 bits per heavy atom. The van der Waals surface area contributed by atoms with Gasteiger partial charge < -0.3 is 14.7 Å². The van der Waals surface area contributed by atoms with E-state index < -0.39 is 0 Å². The Morgan fingerprint density at radius 2 is 1.83 bits per heavy atom. The minimum Gasteiger partial charge on any atom is -0.467 e. The van der Waals surface area contributed by atoms with Gasteiger partial charge in [-0.15, -0.1) is 0 Å². The molecular formula is C23H21N3O3. The Morgan fingerprint density at radius 1 is 1.03 bits per heavy atom. The lowest BCUT2D eigenvalue weighted by atomic mass is 10.0. The summed E-state index contributed by atoms with van der Waals surface area (Å²) in [4.78, 5) is 32.0. The number of para-hydroxylation sites is 1. The zero-order valence-corrected chi connectivity index (χ0v) is 15.8. The summed E-state index contributed by atoms with van der Waals surface area (Å²) in [6.45, 7) is 0. The van der Waals surface area contributed by atoms with Crippen LogP contribution in [0.1, 0.15) is 36.0 Å². The molecule has 2 aromatic heterocycles. The van der Waals surface area contributed by atoms with Crippen molar-refractivity contribution in [1.29, 1.82) is 0 Å². The van der Waals surface area contributed by atoms with E-state index in [1.54, 1.807) is 18.4 Å². The van der Waals surface area contributed by atoms with E-state index in [1.165, 1.54) is 0 Å². The molecule has 2 heterocycles. The van der Waals surface area contributed by atoms with Crippen LogP contribution in [0.4, 0.5) is 0 Å². The minimum atomic E-state index is -0.336. The lowest BCUT2D eigenvalue weighted by Crippen LogP contribution is -2.29. The first-order chi connectivity index (χ1) is 14.2. The molecule has 0 aliphatic carbocycles. The molecule has 0 saturated heterocycles. The zero-order chi connectivity index (χ0) is 20.1. The van der Waals surface area contributed by atoms with Crippen LogP contribution >= 0.6 is 0 Å². The van der Waals surface area contributed by atoms with E-state index in [9.17, 15) is 9.59 Å². The van der Waals surface area contributed by atoms with Crippen molar-refractivity contribution in [2.24, 2.45) is 0 Å². The van der Waals surface area contributed by atoms with Crippen molar-refractivity contribution < 1.29 is 9.21 Å². The predicted molar refractivity (Wildman–Crippen MR) is 110 cm³/mol. The molecule has 0 fully saturated rings. The number of aryl methyl sites for hydroxylation is 1. The Labute approximate surface area is 167 Å². The number of amides is 1. The normalized spacial score (nSPS) is 12.0. The first-order valence-electron chi connectivity index (χ1n) is 9.56. The number of H-pyrrole nitrogens is 1. The summed E-state index contributed by atoms with van der Waals surface area (Å²) in [6, 6.07) is 20.2. The van der Waals surface area contributed by atoms with Gasteiger partial charge in [0.15, 0.2) is 0 Å². The molecule has 0 saturated carbocycles. The number of nitrogens with zero attached hydrogens (tertiary/aromatic N) is 1. The van der Waals surface area contributed by atoms with Gasteiger partial charge in [-0.2, -0.15) is 0 Å². The van der Waals surface area contributed by atoms with Gasteiger partial charge in [-0.3, -0.25) is 9.59 Å². The summed E-state index contributed by atoms with van der Waals surface area (Å²) in [7, 11) is 0. The van der Waals surface area contributed by atoms with Gasteiger partial charge in [-0.05, 0) is 36.2 Å². The van der Waals surface area contributed by atoms with Gasteiger partial charge in [-0.1, -0.05) is 42.5 Å². The standard InChI is InChI=1S/C23H21N3O3/c27-21(26-22(19-12-7-15-29-19)16-8-2-1-3-9-16)14-6-13-20-24-18-11-5-4-10-17(18)23(28)25-20/h1-5,7-12,15,22H,6,13-14H2,(H,26,27)(H,24,25,28). The molecule has 1 unspecified atom stereocenters. The fourth-order valence-electron chi connectivity index (χ4n) is 3.32. The van der Waals surface area contributed by atoms with E-state index >= 15 is 0 Å². The van der Waals surface area contributed by atoms with Crippen LogP contribution in [0.5, 0.6) is 0 Å². The molecular weight excluding hydrogens is 366 g/mol. The quantitative estimate of drug-likeness (QED) is 0.506. The Bertz CT molecular complexity index is 1150. The van der Waals surface area contributed by atoms with Crippen LogP contribution in [-0.2, 0) is 11.2 Å². The summed E-state index contributed by atoms with van der Waals surface area (Å²) in [5, 5.41) is 3.61. The average molecular weight is 387 g/mol. The first kappa shape index (κ1) is 18.7. The molecule has 0 radical (unpaired) electrons. The third-order valence-corrected chi connectivity index (χ3v) is 4.75. The van der Waals surface area contributed by atoms with Crippen molar-refractivity contribution in [3.63, 3.8) is 0 Å². The van der Waals surface area contributed by atoms with Crippen LogP contribution in [0.2, 0.25) is 0 Å². The van der Waals surface area contributed by atoms with Crippen LogP contribution in [0.15, 0.2) is 82.2 Å². The zero-order valence-electron chi connectivity index (χ0n) is 15.8.